The number of benzene rings is 1. The van der Waals surface area contributed by atoms with Gasteiger partial charge in [0.2, 0.25) is 0 Å². The van der Waals surface area contributed by atoms with Crippen molar-refractivity contribution in [2.24, 2.45) is 21.1 Å². The number of hydrogen-bond acceptors (Lipinski definition) is 4. The number of aryl methyl sites for hydroxylation is 3. The third-order valence-corrected chi connectivity index (χ3v) is 3.94. The molecule has 114 valence electrons. The number of imidazole rings is 1. The molecule has 0 aliphatic rings. The quantitative estimate of drug-likeness (QED) is 0.715. The molecule has 3 aromatic rings. The van der Waals surface area contributed by atoms with E-state index in [0.717, 1.165) is 10.1 Å². The van der Waals surface area contributed by atoms with Gasteiger partial charge in [-0.05, 0) is 18.6 Å². The van der Waals surface area contributed by atoms with Crippen molar-refractivity contribution in [3.63, 3.8) is 0 Å². The van der Waals surface area contributed by atoms with Crippen LogP contribution < -0.4 is 11.2 Å². The van der Waals surface area contributed by atoms with Gasteiger partial charge in [-0.2, -0.15) is 0 Å². The topological polar surface area (TPSA) is 82.0 Å². The molecule has 2 heterocycles. The molecular weight excluding hydrogens is 284 g/mol. The van der Waals surface area contributed by atoms with E-state index in [-0.39, 0.29) is 5.75 Å². The van der Waals surface area contributed by atoms with E-state index in [0.29, 0.717) is 22.6 Å². The van der Waals surface area contributed by atoms with Gasteiger partial charge in [-0.25, -0.2) is 9.78 Å². The number of aromatic hydroxyl groups is 1. The molecule has 1 N–H and O–H groups in total. The molecule has 0 atom stereocenters. The van der Waals surface area contributed by atoms with Crippen LogP contribution in [0.25, 0.3) is 22.6 Å². The van der Waals surface area contributed by atoms with Gasteiger partial charge >= 0.3 is 5.69 Å². The zero-order valence-electron chi connectivity index (χ0n) is 12.8. The van der Waals surface area contributed by atoms with E-state index in [9.17, 15) is 14.7 Å². The molecule has 0 unspecified atom stereocenters. The van der Waals surface area contributed by atoms with E-state index < -0.39 is 11.2 Å². The number of rotatable bonds is 1. The minimum Gasteiger partial charge on any atom is -0.508 e. The van der Waals surface area contributed by atoms with E-state index in [2.05, 4.69) is 4.98 Å². The van der Waals surface area contributed by atoms with E-state index in [4.69, 9.17) is 0 Å². The van der Waals surface area contributed by atoms with Gasteiger partial charge in [-0.3, -0.25) is 13.9 Å². The molecule has 0 amide bonds. The standard InChI is InChI=1S/C15H16N4O3/c1-8-5-6-9(7-10(8)20)12-16-13-11(17(12)2)14(21)19(4)15(22)18(13)3/h5-7,20H,1-4H3. The lowest BCUT2D eigenvalue weighted by atomic mass is 10.1. The zero-order chi connectivity index (χ0) is 16.2. The number of hydrogen-bond donors (Lipinski definition) is 1. The van der Waals surface area contributed by atoms with E-state index in [1.54, 1.807) is 37.7 Å². The zero-order valence-corrected chi connectivity index (χ0v) is 12.8. The molecule has 0 fully saturated rings. The summed E-state index contributed by atoms with van der Waals surface area (Å²) in [5, 5.41) is 9.87. The number of aromatic nitrogens is 4. The second kappa shape index (κ2) is 4.59. The van der Waals surface area contributed by atoms with Crippen molar-refractivity contribution in [1.29, 1.82) is 0 Å². The molecule has 0 saturated carbocycles. The Bertz CT molecular complexity index is 1020. The van der Waals surface area contributed by atoms with E-state index in [1.165, 1.54) is 11.6 Å². The Morgan fingerprint density at radius 1 is 1.05 bits per heavy atom. The number of phenols is 1. The van der Waals surface area contributed by atoms with Crippen molar-refractivity contribution in [2.45, 2.75) is 6.92 Å². The SMILES string of the molecule is Cc1ccc(-c2nc3c(c(=O)n(C)c(=O)n3C)n2C)cc1O. The molecule has 3 rings (SSSR count). The first-order valence-electron chi connectivity index (χ1n) is 6.75. The van der Waals surface area contributed by atoms with E-state index in [1.807, 2.05) is 6.07 Å². The van der Waals surface area contributed by atoms with Gasteiger partial charge in [-0.1, -0.05) is 12.1 Å². The van der Waals surface area contributed by atoms with Crippen LogP contribution in [0.3, 0.4) is 0 Å². The molecule has 22 heavy (non-hydrogen) atoms. The number of phenolic OH excluding ortho intramolecular Hbond substituents is 1. The molecule has 0 bridgehead atoms. The highest BCUT2D eigenvalue weighted by atomic mass is 16.3. The van der Waals surface area contributed by atoms with Crippen LogP contribution in [-0.2, 0) is 21.1 Å². The summed E-state index contributed by atoms with van der Waals surface area (Å²) >= 11 is 0. The molecule has 0 aliphatic carbocycles. The summed E-state index contributed by atoms with van der Waals surface area (Å²) in [7, 11) is 4.73. The van der Waals surface area contributed by atoms with Crippen LogP contribution in [0, 0.1) is 6.92 Å². The second-order valence-corrected chi connectivity index (χ2v) is 5.37. The number of nitrogens with zero attached hydrogens (tertiary/aromatic N) is 4. The summed E-state index contributed by atoms with van der Waals surface area (Å²) in [6.45, 7) is 1.80. The molecule has 0 spiro atoms. The first kappa shape index (κ1) is 14.1. The fourth-order valence-electron chi connectivity index (χ4n) is 2.53. The van der Waals surface area contributed by atoms with Gasteiger partial charge in [-0.15, -0.1) is 0 Å². The second-order valence-electron chi connectivity index (χ2n) is 5.37. The molecule has 1 aromatic carbocycles. The predicted molar refractivity (Wildman–Crippen MR) is 83.0 cm³/mol. The monoisotopic (exact) mass is 300 g/mol. The lowest BCUT2D eigenvalue weighted by Gasteiger charge is -2.05. The number of fused-ring (bicyclic) bond motifs is 1. The molecule has 0 radical (unpaired) electrons. The van der Waals surface area contributed by atoms with Crippen molar-refractivity contribution in [3.05, 3.63) is 44.6 Å². The first-order valence-corrected chi connectivity index (χ1v) is 6.75. The largest absolute Gasteiger partial charge is 0.508 e. The first-order chi connectivity index (χ1) is 10.3. The van der Waals surface area contributed by atoms with Gasteiger partial charge in [0, 0.05) is 26.7 Å². The molecule has 7 heteroatoms. The molecule has 0 saturated heterocycles. The van der Waals surface area contributed by atoms with Crippen molar-refractivity contribution in [1.82, 2.24) is 18.7 Å². The summed E-state index contributed by atoms with van der Waals surface area (Å²) in [6.07, 6.45) is 0. The summed E-state index contributed by atoms with van der Waals surface area (Å²) < 4.78 is 4.04. The maximum Gasteiger partial charge on any atom is 0.332 e. The van der Waals surface area contributed by atoms with Crippen molar-refractivity contribution in [3.8, 4) is 17.1 Å². The summed E-state index contributed by atoms with van der Waals surface area (Å²) in [6, 6.07) is 5.19. The smallest absolute Gasteiger partial charge is 0.332 e. The van der Waals surface area contributed by atoms with Crippen LogP contribution in [0.15, 0.2) is 27.8 Å². The Balaban J connectivity index is 2.43. The summed E-state index contributed by atoms with van der Waals surface area (Å²) in [4.78, 5) is 28.7. The summed E-state index contributed by atoms with van der Waals surface area (Å²) in [5.41, 5.74) is 1.29. The van der Waals surface area contributed by atoms with Crippen LogP contribution >= 0.6 is 0 Å². The highest BCUT2D eigenvalue weighted by Gasteiger charge is 2.18. The van der Waals surface area contributed by atoms with Crippen LogP contribution in [0.2, 0.25) is 0 Å². The molecule has 0 aliphatic heterocycles. The van der Waals surface area contributed by atoms with Crippen LogP contribution in [0.1, 0.15) is 5.56 Å². The lowest BCUT2D eigenvalue weighted by molar-refractivity contribution is 0.471. The van der Waals surface area contributed by atoms with Crippen molar-refractivity contribution in [2.75, 3.05) is 0 Å². The predicted octanol–water partition coefficient (Wildman–Crippen LogP) is 0.652. The third kappa shape index (κ3) is 1.78. The molecular formula is C15H16N4O3. The normalized spacial score (nSPS) is 11.3. The van der Waals surface area contributed by atoms with Gasteiger partial charge in [0.25, 0.3) is 5.56 Å². The fraction of sp³-hybridized carbons (Fsp3) is 0.267. The van der Waals surface area contributed by atoms with Crippen molar-refractivity contribution < 1.29 is 5.11 Å². The van der Waals surface area contributed by atoms with Crippen molar-refractivity contribution >= 4 is 11.2 Å². The Morgan fingerprint density at radius 3 is 2.36 bits per heavy atom. The Morgan fingerprint density at radius 2 is 1.73 bits per heavy atom. The fourth-order valence-corrected chi connectivity index (χ4v) is 2.53. The molecule has 2 aromatic heterocycles. The lowest BCUT2D eigenvalue weighted by Crippen LogP contribution is -2.37. The van der Waals surface area contributed by atoms with Crippen LogP contribution in [0.5, 0.6) is 5.75 Å². The van der Waals surface area contributed by atoms with Crippen LogP contribution in [0.4, 0.5) is 0 Å². The third-order valence-electron chi connectivity index (χ3n) is 3.94. The Kier molecular flexibility index (Phi) is 2.94. The van der Waals surface area contributed by atoms with Gasteiger partial charge in [0.1, 0.15) is 11.6 Å². The molecule has 7 nitrogen and oxygen atoms in total. The minimum absolute atomic E-state index is 0.159. The van der Waals surface area contributed by atoms with Gasteiger partial charge in [0.15, 0.2) is 11.2 Å². The average molecular weight is 300 g/mol. The van der Waals surface area contributed by atoms with Crippen LogP contribution in [-0.4, -0.2) is 23.8 Å². The Hall–Kier alpha value is -2.83. The van der Waals surface area contributed by atoms with Gasteiger partial charge in [0.05, 0.1) is 0 Å². The Labute approximate surface area is 125 Å². The maximum atomic E-state index is 12.3. The highest BCUT2D eigenvalue weighted by Crippen LogP contribution is 2.26. The maximum absolute atomic E-state index is 12.3. The van der Waals surface area contributed by atoms with Gasteiger partial charge < -0.3 is 9.67 Å². The summed E-state index contributed by atoms with van der Waals surface area (Å²) in [5.74, 6) is 0.676. The average Bonchev–Trinajstić information content (AvgIpc) is 2.83. The minimum atomic E-state index is -0.422. The van der Waals surface area contributed by atoms with E-state index >= 15 is 0 Å². The highest BCUT2D eigenvalue weighted by molar-refractivity contribution is 5.77.